The highest BCUT2D eigenvalue weighted by molar-refractivity contribution is 7.28. The Balaban J connectivity index is 1.10. The predicted molar refractivity (Wildman–Crippen MR) is 315 cm³/mol. The van der Waals surface area contributed by atoms with Crippen molar-refractivity contribution >= 4 is 57.2 Å². The van der Waals surface area contributed by atoms with Gasteiger partial charge in [0.05, 0.1) is 55.9 Å². The van der Waals surface area contributed by atoms with Crippen molar-refractivity contribution in [2.24, 2.45) is 11.3 Å². The van der Waals surface area contributed by atoms with Crippen LogP contribution < -0.4 is 9.47 Å². The Bertz CT molecular complexity index is 2480. The van der Waals surface area contributed by atoms with Crippen molar-refractivity contribution in [3.63, 3.8) is 0 Å². The minimum atomic E-state index is -0.283. The fourth-order valence-electron chi connectivity index (χ4n) is 10.6. The molecular weight excluding hydrogens is 995 g/mol. The van der Waals surface area contributed by atoms with Crippen LogP contribution in [0.4, 0.5) is 0 Å². The number of carbonyl (C=O) groups excluding carboxylic acids is 2. The van der Waals surface area contributed by atoms with Crippen molar-refractivity contribution in [2.45, 2.75) is 215 Å². The number of imide groups is 1. The summed E-state index contributed by atoms with van der Waals surface area (Å²) in [6.45, 7) is 16.0. The fourth-order valence-corrected chi connectivity index (χ4v) is 14.8. The topological polar surface area (TPSA) is 90.9 Å². The van der Waals surface area contributed by atoms with Crippen LogP contribution in [0.5, 0.6) is 11.5 Å². The van der Waals surface area contributed by atoms with Crippen molar-refractivity contribution < 1.29 is 23.8 Å². The minimum Gasteiger partial charge on any atom is -0.487 e. The molecule has 74 heavy (non-hydrogen) atoms. The summed E-state index contributed by atoms with van der Waals surface area (Å²) in [6.07, 6.45) is 33.4. The maximum atomic E-state index is 15.0. The lowest BCUT2D eigenvalue weighted by Crippen LogP contribution is -2.37. The first-order valence-electron chi connectivity index (χ1n) is 29.2. The normalized spacial score (nSPS) is 15.9. The van der Waals surface area contributed by atoms with Crippen LogP contribution in [0.1, 0.15) is 232 Å². The number of nitrogens with zero attached hydrogens (tertiary/aromatic N) is 3. The molecule has 5 aromatic rings. The monoisotopic (exact) mass is 1080 g/mol. The van der Waals surface area contributed by atoms with Gasteiger partial charge >= 0.3 is 0 Å². The molecule has 8 nitrogen and oxygen atoms in total. The van der Waals surface area contributed by atoms with Gasteiger partial charge in [-0.1, -0.05) is 175 Å². The van der Waals surface area contributed by atoms with Gasteiger partial charge in [-0.15, -0.1) is 55.5 Å². The molecule has 0 N–H and O–H groups in total. The van der Waals surface area contributed by atoms with Crippen LogP contribution in [0, 0.1) is 25.2 Å². The third kappa shape index (κ3) is 15.8. The number of aromatic nitrogens is 2. The second kappa shape index (κ2) is 30.5. The molecule has 0 spiro atoms. The average Bonchev–Trinajstić information content (AvgIpc) is 4.25. The molecule has 12 heteroatoms. The molecule has 7 heterocycles. The van der Waals surface area contributed by atoms with E-state index in [1.807, 2.05) is 18.2 Å². The smallest absolute Gasteiger partial charge is 0.263 e. The number of hydrogen-bond donors (Lipinski definition) is 0. The lowest BCUT2D eigenvalue weighted by atomic mass is 9.88. The summed E-state index contributed by atoms with van der Waals surface area (Å²) in [5.74, 6) is 1.33. The van der Waals surface area contributed by atoms with Crippen LogP contribution in [0.25, 0.3) is 40.7 Å². The number of aryl methyl sites for hydroxylation is 2. The molecule has 0 fully saturated rings. The van der Waals surface area contributed by atoms with Gasteiger partial charge in [0.25, 0.3) is 11.8 Å². The zero-order chi connectivity index (χ0) is 52.1. The Hall–Kier alpha value is -3.42. The highest BCUT2D eigenvalue weighted by Gasteiger charge is 2.43. The van der Waals surface area contributed by atoms with E-state index in [0.29, 0.717) is 48.9 Å². The zero-order valence-corrected chi connectivity index (χ0v) is 49.5. The van der Waals surface area contributed by atoms with Gasteiger partial charge in [0.15, 0.2) is 11.5 Å². The van der Waals surface area contributed by atoms with Gasteiger partial charge in [0.1, 0.15) is 11.4 Å². The summed E-state index contributed by atoms with van der Waals surface area (Å²) in [5, 5.41) is 9.66. The molecule has 2 aliphatic heterocycles. The predicted octanol–water partition coefficient (Wildman–Crippen LogP) is 19.6. The van der Waals surface area contributed by atoms with E-state index in [2.05, 4.69) is 59.7 Å². The maximum absolute atomic E-state index is 15.0. The summed E-state index contributed by atoms with van der Waals surface area (Å²) in [6, 6.07) is 12.6. The van der Waals surface area contributed by atoms with Gasteiger partial charge in [-0.25, -0.2) is 0 Å². The summed E-state index contributed by atoms with van der Waals surface area (Å²) in [7, 11) is 0. The third-order valence-corrected chi connectivity index (χ3v) is 20.0. The van der Waals surface area contributed by atoms with Gasteiger partial charge < -0.3 is 14.2 Å². The van der Waals surface area contributed by atoms with E-state index in [-0.39, 0.29) is 23.1 Å². The van der Waals surface area contributed by atoms with Crippen LogP contribution in [-0.2, 0) is 4.74 Å². The van der Waals surface area contributed by atoms with Crippen LogP contribution in [0.15, 0.2) is 36.4 Å². The van der Waals surface area contributed by atoms with Crippen LogP contribution >= 0.6 is 45.3 Å². The summed E-state index contributed by atoms with van der Waals surface area (Å²) in [5.41, 5.74) is 1.48. The average molecular weight is 1080 g/mol. The molecule has 0 aromatic carbocycles. The lowest BCUT2D eigenvalue weighted by Gasteiger charge is -2.29. The zero-order valence-electron chi connectivity index (χ0n) is 46.2. The van der Waals surface area contributed by atoms with Crippen molar-refractivity contribution in [1.82, 2.24) is 15.1 Å². The van der Waals surface area contributed by atoms with E-state index in [9.17, 15) is 4.79 Å². The fraction of sp³-hybridized carbons (Fsp3) is 0.645. The number of ether oxygens (including phenoxy) is 3. The van der Waals surface area contributed by atoms with Crippen LogP contribution in [0.2, 0.25) is 0 Å². The number of unbranched alkanes of at least 4 members (excludes halogenated alkanes) is 21. The highest BCUT2D eigenvalue weighted by Crippen LogP contribution is 2.57. The first kappa shape index (κ1) is 58.3. The number of carbonyl (C=O) groups is 2. The van der Waals surface area contributed by atoms with E-state index in [1.165, 1.54) is 140 Å². The van der Waals surface area contributed by atoms with E-state index in [4.69, 9.17) is 24.4 Å². The van der Waals surface area contributed by atoms with Gasteiger partial charge in [0, 0.05) is 32.7 Å². The summed E-state index contributed by atoms with van der Waals surface area (Å²) < 4.78 is 20.3. The number of rotatable bonds is 36. The Kier molecular flexibility index (Phi) is 24.0. The molecule has 2 aliphatic rings. The number of hydrogen-bond acceptors (Lipinski definition) is 11. The van der Waals surface area contributed by atoms with Crippen molar-refractivity contribution in [2.75, 3.05) is 33.0 Å². The van der Waals surface area contributed by atoms with E-state index >= 15 is 4.79 Å². The molecule has 406 valence electrons. The quantitative estimate of drug-likeness (QED) is 0.0291. The largest absolute Gasteiger partial charge is 0.487 e. The number of fused-ring (bicyclic) bond motifs is 2. The molecule has 5 aromatic heterocycles. The van der Waals surface area contributed by atoms with Gasteiger partial charge in [-0.05, 0) is 81.8 Å². The molecule has 2 unspecified atom stereocenters. The maximum Gasteiger partial charge on any atom is 0.263 e. The summed E-state index contributed by atoms with van der Waals surface area (Å²) in [4.78, 5) is 39.7. The first-order valence-corrected chi connectivity index (χ1v) is 32.5. The first-order chi connectivity index (χ1) is 36.2. The van der Waals surface area contributed by atoms with Crippen molar-refractivity contribution in [3.8, 4) is 52.1 Å². The lowest BCUT2D eigenvalue weighted by molar-refractivity contribution is -0.00812. The third-order valence-electron chi connectivity index (χ3n) is 15.4. The number of thiophene rings is 4. The van der Waals surface area contributed by atoms with Gasteiger partial charge in [-0.2, -0.15) is 0 Å². The van der Waals surface area contributed by atoms with Gasteiger partial charge in [0.2, 0.25) is 0 Å². The van der Waals surface area contributed by atoms with E-state index in [1.54, 1.807) is 50.2 Å². The van der Waals surface area contributed by atoms with Crippen molar-refractivity contribution in [3.05, 3.63) is 57.3 Å². The molecule has 2 atom stereocenters. The van der Waals surface area contributed by atoms with E-state index < -0.39 is 0 Å². The standard InChI is InChI=1S/C62H89N3O5S4/c1-7-11-14-17-20-22-23-25-28-31-40-68-42-62(10-4)43-69-56-57(70-44-62)59(74-58(56)50-37-35-46(6)72-50)51-39-38-49(73-51)55-53-52(54(63-64-55)48-36-34-45(5)71-48)60(66)65(61(53)67)41-47(32-29-26-19-16-13-9-3)33-30-27-24-21-18-15-12-8-2/h34-39,47H,7-33,40-44H2,1-6H3. The molecule has 7 rings (SSSR count). The Morgan fingerprint density at radius 1 is 0.527 bits per heavy atom. The molecule has 0 bridgehead atoms. The Morgan fingerprint density at radius 3 is 1.39 bits per heavy atom. The molecule has 0 aliphatic carbocycles. The molecule has 2 amide bonds. The number of amides is 2. The van der Waals surface area contributed by atoms with Crippen LogP contribution in [0.3, 0.4) is 0 Å². The van der Waals surface area contributed by atoms with Crippen LogP contribution in [-0.4, -0.2) is 59.9 Å². The van der Waals surface area contributed by atoms with Gasteiger partial charge in [-0.3, -0.25) is 14.5 Å². The molecule has 0 saturated carbocycles. The Labute approximate surface area is 461 Å². The van der Waals surface area contributed by atoms with E-state index in [0.717, 1.165) is 90.8 Å². The minimum absolute atomic E-state index is 0.236. The highest BCUT2D eigenvalue weighted by atomic mass is 32.1. The second-order valence-electron chi connectivity index (χ2n) is 21.6. The van der Waals surface area contributed by atoms with Crippen molar-refractivity contribution in [1.29, 1.82) is 0 Å². The molecule has 0 radical (unpaired) electrons. The molecular formula is C62H89N3O5S4. The summed E-state index contributed by atoms with van der Waals surface area (Å²) >= 11 is 6.62. The SMILES string of the molecule is CCCCCCCCCCCCOCC1(CC)COc2c(-c3ccc(C)s3)sc(-c3ccc(-c4nnc(-c5ccc(C)s5)c5c4C(=O)N(CC(CCCCCCCC)CCCCCCCCCC)C5=O)s3)c2OC1. The molecule has 0 saturated heterocycles. The Morgan fingerprint density at radius 2 is 0.932 bits per heavy atom. The second-order valence-corrected chi connectivity index (χ2v) is 26.3.